The molecule has 0 saturated heterocycles. The van der Waals surface area contributed by atoms with Gasteiger partial charge in [0.2, 0.25) is 0 Å². The van der Waals surface area contributed by atoms with E-state index in [4.69, 9.17) is 5.73 Å². The van der Waals surface area contributed by atoms with Crippen molar-refractivity contribution in [1.29, 1.82) is 0 Å². The number of aromatic nitrogens is 2. The average Bonchev–Trinajstić information content (AvgIpc) is 2.93. The number of rotatable bonds is 6. The first-order valence-corrected chi connectivity index (χ1v) is 6.83. The minimum absolute atomic E-state index is 0.162. The van der Waals surface area contributed by atoms with E-state index >= 15 is 0 Å². The fourth-order valence-electron chi connectivity index (χ4n) is 2.48. The van der Waals surface area contributed by atoms with Crippen LogP contribution in [-0.2, 0) is 6.54 Å². The highest BCUT2D eigenvalue weighted by Crippen LogP contribution is 2.25. The maximum Gasteiger partial charge on any atom is 0.0948 e. The Morgan fingerprint density at radius 3 is 2.58 bits per heavy atom. The summed E-state index contributed by atoms with van der Waals surface area (Å²) >= 11 is 0. The van der Waals surface area contributed by atoms with Crippen LogP contribution in [0, 0.1) is 0 Å². The number of likely N-dealkylation sites (N-methyl/N-ethyl adjacent to an activating group) is 1. The van der Waals surface area contributed by atoms with Crippen LogP contribution in [0.1, 0.15) is 25.6 Å². The fourth-order valence-corrected chi connectivity index (χ4v) is 2.48. The van der Waals surface area contributed by atoms with Gasteiger partial charge in [0.25, 0.3) is 0 Å². The molecule has 0 aliphatic carbocycles. The van der Waals surface area contributed by atoms with Gasteiger partial charge in [0.1, 0.15) is 0 Å². The molecular weight excluding hydrogens is 236 g/mol. The largest absolute Gasteiger partial charge is 0.362 e. The molecule has 0 spiro atoms. The van der Waals surface area contributed by atoms with E-state index in [9.17, 15) is 0 Å². The molecule has 0 fully saturated rings. The summed E-state index contributed by atoms with van der Waals surface area (Å²) in [6, 6.07) is 10.6. The molecule has 19 heavy (non-hydrogen) atoms. The van der Waals surface area contributed by atoms with Crippen LogP contribution in [0.4, 0.5) is 5.69 Å². The maximum absolute atomic E-state index is 6.02. The Balaban J connectivity index is 2.34. The molecule has 4 heteroatoms. The van der Waals surface area contributed by atoms with E-state index in [1.807, 2.05) is 18.6 Å². The molecule has 1 atom stereocenters. The monoisotopic (exact) mass is 258 g/mol. The normalized spacial score (nSPS) is 12.4. The number of anilines is 1. The van der Waals surface area contributed by atoms with Gasteiger partial charge in [-0.25, -0.2) is 4.98 Å². The molecule has 4 nitrogen and oxygen atoms in total. The van der Waals surface area contributed by atoms with Gasteiger partial charge < -0.3 is 15.2 Å². The molecule has 0 aliphatic heterocycles. The smallest absolute Gasteiger partial charge is 0.0948 e. The fraction of sp³-hybridized carbons (Fsp3) is 0.400. The number of aryl methyl sites for hydroxylation is 1. The van der Waals surface area contributed by atoms with E-state index in [-0.39, 0.29) is 6.04 Å². The summed E-state index contributed by atoms with van der Waals surface area (Å²) in [6.07, 6.45) is 3.80. The molecule has 1 aromatic carbocycles. The van der Waals surface area contributed by atoms with Crippen molar-refractivity contribution in [2.24, 2.45) is 5.73 Å². The van der Waals surface area contributed by atoms with Gasteiger partial charge in [-0.3, -0.25) is 0 Å². The molecule has 1 heterocycles. The number of imidazole rings is 1. The number of hydrogen-bond acceptors (Lipinski definition) is 3. The van der Waals surface area contributed by atoms with Crippen LogP contribution in [0.15, 0.2) is 42.9 Å². The number of benzene rings is 1. The van der Waals surface area contributed by atoms with Crippen LogP contribution in [-0.4, -0.2) is 22.6 Å². The predicted molar refractivity (Wildman–Crippen MR) is 79.2 cm³/mol. The van der Waals surface area contributed by atoms with Gasteiger partial charge >= 0.3 is 0 Å². The Kier molecular flexibility index (Phi) is 4.58. The summed E-state index contributed by atoms with van der Waals surface area (Å²) < 4.78 is 2.16. The molecule has 0 saturated carbocycles. The van der Waals surface area contributed by atoms with Gasteiger partial charge in [0.15, 0.2) is 0 Å². The summed E-state index contributed by atoms with van der Waals surface area (Å²) in [4.78, 5) is 6.58. The van der Waals surface area contributed by atoms with Crippen LogP contribution >= 0.6 is 0 Å². The van der Waals surface area contributed by atoms with Crippen molar-refractivity contribution >= 4 is 5.69 Å². The average molecular weight is 258 g/mol. The van der Waals surface area contributed by atoms with Crippen molar-refractivity contribution < 1.29 is 0 Å². The first kappa shape index (κ1) is 13.6. The van der Waals surface area contributed by atoms with Crippen molar-refractivity contribution in [2.75, 3.05) is 18.0 Å². The van der Waals surface area contributed by atoms with Crippen molar-refractivity contribution in [2.45, 2.75) is 26.4 Å². The van der Waals surface area contributed by atoms with E-state index < -0.39 is 0 Å². The van der Waals surface area contributed by atoms with Crippen molar-refractivity contribution in [3.05, 3.63) is 48.5 Å². The van der Waals surface area contributed by atoms with Gasteiger partial charge in [-0.1, -0.05) is 18.2 Å². The minimum Gasteiger partial charge on any atom is -0.362 e. The summed E-state index contributed by atoms with van der Waals surface area (Å²) in [5, 5.41) is 0. The van der Waals surface area contributed by atoms with Gasteiger partial charge in [-0.15, -0.1) is 0 Å². The predicted octanol–water partition coefficient (Wildman–Crippen LogP) is 2.43. The van der Waals surface area contributed by atoms with Gasteiger partial charge in [0.05, 0.1) is 24.3 Å². The van der Waals surface area contributed by atoms with Crippen molar-refractivity contribution in [3.8, 4) is 0 Å². The molecule has 2 N–H and O–H groups in total. The van der Waals surface area contributed by atoms with Crippen molar-refractivity contribution in [1.82, 2.24) is 9.55 Å². The van der Waals surface area contributed by atoms with Gasteiger partial charge in [-0.2, -0.15) is 0 Å². The molecule has 0 amide bonds. The second kappa shape index (κ2) is 6.38. The van der Waals surface area contributed by atoms with Gasteiger partial charge in [0, 0.05) is 25.3 Å². The molecule has 0 radical (unpaired) electrons. The lowest BCUT2D eigenvalue weighted by molar-refractivity contribution is 0.581. The zero-order valence-electron chi connectivity index (χ0n) is 11.7. The van der Waals surface area contributed by atoms with Crippen LogP contribution in [0.5, 0.6) is 0 Å². The zero-order chi connectivity index (χ0) is 13.7. The second-order valence-electron chi connectivity index (χ2n) is 4.48. The van der Waals surface area contributed by atoms with Crippen LogP contribution in [0.3, 0.4) is 0 Å². The first-order chi connectivity index (χ1) is 9.31. The highest BCUT2D eigenvalue weighted by Gasteiger charge is 2.21. The summed E-state index contributed by atoms with van der Waals surface area (Å²) in [5.41, 5.74) is 8.39. The Labute approximate surface area is 114 Å². The third-order valence-corrected chi connectivity index (χ3v) is 3.45. The number of nitrogens with two attached hydrogens (primary N) is 1. The van der Waals surface area contributed by atoms with Crippen LogP contribution in [0.25, 0.3) is 0 Å². The standard InChI is InChI=1S/C15H22N4/c1-3-18-12-17-11-15(18)14(10-16)19(4-2)13-8-6-5-7-9-13/h5-9,11-12,14H,3-4,10,16H2,1-2H3. The maximum atomic E-state index is 6.02. The quantitative estimate of drug-likeness (QED) is 0.865. The van der Waals surface area contributed by atoms with E-state index in [0.29, 0.717) is 6.54 Å². The molecular formula is C15H22N4. The summed E-state index contributed by atoms with van der Waals surface area (Å²) in [7, 11) is 0. The topological polar surface area (TPSA) is 47.1 Å². The lowest BCUT2D eigenvalue weighted by Crippen LogP contribution is -2.35. The molecule has 2 aromatic rings. The highest BCUT2D eigenvalue weighted by atomic mass is 15.2. The lowest BCUT2D eigenvalue weighted by atomic mass is 10.1. The lowest BCUT2D eigenvalue weighted by Gasteiger charge is -2.32. The molecule has 2 rings (SSSR count). The molecule has 0 bridgehead atoms. The number of nitrogens with zero attached hydrogens (tertiary/aromatic N) is 3. The van der Waals surface area contributed by atoms with Crippen LogP contribution < -0.4 is 10.6 Å². The zero-order valence-corrected chi connectivity index (χ0v) is 11.7. The van der Waals surface area contributed by atoms with E-state index in [1.54, 1.807) is 0 Å². The number of para-hydroxylation sites is 1. The third kappa shape index (κ3) is 2.79. The third-order valence-electron chi connectivity index (χ3n) is 3.45. The first-order valence-electron chi connectivity index (χ1n) is 6.83. The second-order valence-corrected chi connectivity index (χ2v) is 4.48. The number of hydrogen-bond donors (Lipinski definition) is 1. The summed E-state index contributed by atoms with van der Waals surface area (Å²) in [5.74, 6) is 0. The minimum atomic E-state index is 0.162. The Morgan fingerprint density at radius 1 is 1.26 bits per heavy atom. The Hall–Kier alpha value is -1.81. The molecule has 102 valence electrons. The molecule has 1 aromatic heterocycles. The Bertz CT molecular complexity index is 492. The molecule has 0 aliphatic rings. The summed E-state index contributed by atoms with van der Waals surface area (Å²) in [6.45, 7) is 6.69. The highest BCUT2D eigenvalue weighted by molar-refractivity contribution is 5.48. The SMILES string of the molecule is CCN(c1ccccc1)C(CN)c1cncn1CC. The van der Waals surface area contributed by atoms with Crippen molar-refractivity contribution in [3.63, 3.8) is 0 Å². The van der Waals surface area contributed by atoms with E-state index in [0.717, 1.165) is 13.1 Å². The van der Waals surface area contributed by atoms with Gasteiger partial charge in [-0.05, 0) is 26.0 Å². The van der Waals surface area contributed by atoms with Crippen LogP contribution in [0.2, 0.25) is 0 Å². The van der Waals surface area contributed by atoms with E-state index in [2.05, 4.69) is 52.6 Å². The molecule has 1 unspecified atom stereocenters. The van der Waals surface area contributed by atoms with E-state index in [1.165, 1.54) is 11.4 Å². The Morgan fingerprint density at radius 2 is 2.00 bits per heavy atom.